The second kappa shape index (κ2) is 5.02. The van der Waals surface area contributed by atoms with Gasteiger partial charge in [-0.15, -0.1) is 0 Å². The van der Waals surface area contributed by atoms with Gasteiger partial charge in [-0.25, -0.2) is 4.79 Å². The number of hydrogen-bond donors (Lipinski definition) is 0. The molecule has 13 heavy (non-hydrogen) atoms. The van der Waals surface area contributed by atoms with Gasteiger partial charge in [0.25, 0.3) is 0 Å². The number of carbonyl (C=O) groups is 1. The van der Waals surface area contributed by atoms with Gasteiger partial charge in [0.2, 0.25) is 0 Å². The summed E-state index contributed by atoms with van der Waals surface area (Å²) in [5.41, 5.74) is -0.451. The predicted octanol–water partition coefficient (Wildman–Crippen LogP) is 1.92. The minimum atomic E-state index is -0.451. The van der Waals surface area contributed by atoms with Crippen molar-refractivity contribution in [3.8, 4) is 0 Å². The van der Waals surface area contributed by atoms with Crippen molar-refractivity contribution in [1.82, 2.24) is 0 Å². The van der Waals surface area contributed by atoms with Gasteiger partial charge in [-0.1, -0.05) is 13.5 Å². The van der Waals surface area contributed by atoms with Crippen LogP contribution in [0.5, 0.6) is 0 Å². The van der Waals surface area contributed by atoms with E-state index in [4.69, 9.17) is 9.47 Å². The number of methoxy groups -OCH3 is 1. The molecule has 0 aromatic carbocycles. The Labute approximate surface area is 79.7 Å². The first-order valence-electron chi connectivity index (χ1n) is 4.36. The molecule has 0 fully saturated rings. The third-order valence-corrected chi connectivity index (χ3v) is 2.10. The molecule has 0 saturated carbocycles. The van der Waals surface area contributed by atoms with Crippen LogP contribution in [0, 0.1) is 0 Å². The van der Waals surface area contributed by atoms with Crippen LogP contribution < -0.4 is 0 Å². The van der Waals surface area contributed by atoms with Crippen LogP contribution in [0.4, 0.5) is 0 Å². The van der Waals surface area contributed by atoms with E-state index in [9.17, 15) is 4.79 Å². The van der Waals surface area contributed by atoms with Crippen LogP contribution in [0.25, 0.3) is 0 Å². The summed E-state index contributed by atoms with van der Waals surface area (Å²) < 4.78 is 10.3. The highest BCUT2D eigenvalue weighted by Gasteiger charge is 2.30. The normalized spacial score (nSPS) is 13.5. The molecule has 1 unspecified atom stereocenters. The molecular formula is C10H18O3. The standard InChI is InChI=1S/C10H18O3/c1-6-8(10(3,4)12-5)13-9(11)7-2/h7-8H,2,6H2,1,3-5H3. The first-order chi connectivity index (χ1) is 5.97. The Hall–Kier alpha value is -0.830. The largest absolute Gasteiger partial charge is 0.456 e. The van der Waals surface area contributed by atoms with Crippen molar-refractivity contribution in [3.05, 3.63) is 12.7 Å². The van der Waals surface area contributed by atoms with Gasteiger partial charge < -0.3 is 9.47 Å². The van der Waals surface area contributed by atoms with E-state index in [0.717, 1.165) is 12.5 Å². The summed E-state index contributed by atoms with van der Waals surface area (Å²) in [6.45, 7) is 9.06. The van der Waals surface area contributed by atoms with E-state index in [1.807, 2.05) is 20.8 Å². The van der Waals surface area contributed by atoms with E-state index in [0.29, 0.717) is 0 Å². The Morgan fingerprint density at radius 1 is 1.62 bits per heavy atom. The summed E-state index contributed by atoms with van der Waals surface area (Å²) in [4.78, 5) is 10.9. The van der Waals surface area contributed by atoms with Crippen molar-refractivity contribution >= 4 is 5.97 Å². The minimum absolute atomic E-state index is 0.233. The topological polar surface area (TPSA) is 35.5 Å². The van der Waals surface area contributed by atoms with Gasteiger partial charge in [-0.2, -0.15) is 0 Å². The maximum absolute atomic E-state index is 10.9. The predicted molar refractivity (Wildman–Crippen MR) is 51.5 cm³/mol. The first kappa shape index (κ1) is 12.2. The lowest BCUT2D eigenvalue weighted by atomic mass is 9.99. The second-order valence-electron chi connectivity index (χ2n) is 3.35. The van der Waals surface area contributed by atoms with Gasteiger partial charge in [0.05, 0.1) is 5.60 Å². The number of ether oxygens (including phenoxy) is 2. The fraction of sp³-hybridized carbons (Fsp3) is 0.700. The van der Waals surface area contributed by atoms with Crippen LogP contribution >= 0.6 is 0 Å². The van der Waals surface area contributed by atoms with Crippen molar-refractivity contribution < 1.29 is 14.3 Å². The fourth-order valence-corrected chi connectivity index (χ4v) is 1.04. The summed E-state index contributed by atoms with van der Waals surface area (Å²) in [6.07, 6.45) is 1.65. The molecule has 0 N–H and O–H groups in total. The van der Waals surface area contributed by atoms with E-state index in [2.05, 4.69) is 6.58 Å². The smallest absolute Gasteiger partial charge is 0.330 e. The highest BCUT2D eigenvalue weighted by Crippen LogP contribution is 2.19. The van der Waals surface area contributed by atoms with Gasteiger partial charge in [-0.05, 0) is 20.3 Å². The van der Waals surface area contributed by atoms with E-state index in [1.165, 1.54) is 0 Å². The Morgan fingerprint density at radius 3 is 2.46 bits per heavy atom. The summed E-state index contributed by atoms with van der Waals surface area (Å²) >= 11 is 0. The number of rotatable bonds is 5. The van der Waals surface area contributed by atoms with E-state index in [-0.39, 0.29) is 6.10 Å². The van der Waals surface area contributed by atoms with Crippen LogP contribution in [0.15, 0.2) is 12.7 Å². The van der Waals surface area contributed by atoms with Gasteiger partial charge in [0.1, 0.15) is 6.10 Å². The molecule has 0 rings (SSSR count). The maximum Gasteiger partial charge on any atom is 0.330 e. The molecule has 3 nitrogen and oxygen atoms in total. The van der Waals surface area contributed by atoms with Crippen LogP contribution in [0.1, 0.15) is 27.2 Å². The average molecular weight is 186 g/mol. The molecule has 0 amide bonds. The molecule has 0 spiro atoms. The van der Waals surface area contributed by atoms with Gasteiger partial charge >= 0.3 is 5.97 Å². The molecule has 0 aromatic heterocycles. The number of hydrogen-bond acceptors (Lipinski definition) is 3. The molecule has 0 saturated heterocycles. The highest BCUT2D eigenvalue weighted by atomic mass is 16.6. The molecule has 1 atom stereocenters. The van der Waals surface area contributed by atoms with Crippen LogP contribution in [0.2, 0.25) is 0 Å². The van der Waals surface area contributed by atoms with Gasteiger partial charge in [-0.3, -0.25) is 0 Å². The molecule has 76 valence electrons. The van der Waals surface area contributed by atoms with Crippen molar-refractivity contribution in [3.63, 3.8) is 0 Å². The van der Waals surface area contributed by atoms with Gasteiger partial charge in [0.15, 0.2) is 0 Å². The highest BCUT2D eigenvalue weighted by molar-refractivity contribution is 5.81. The molecule has 0 aliphatic carbocycles. The Bertz CT molecular complexity index is 185. The van der Waals surface area contributed by atoms with Crippen LogP contribution in [-0.2, 0) is 14.3 Å². The van der Waals surface area contributed by atoms with E-state index >= 15 is 0 Å². The molecule has 3 heteroatoms. The molecule has 0 heterocycles. The Morgan fingerprint density at radius 2 is 2.15 bits per heavy atom. The molecule has 0 aliphatic rings. The van der Waals surface area contributed by atoms with Crippen molar-refractivity contribution in [1.29, 1.82) is 0 Å². The zero-order valence-corrected chi connectivity index (χ0v) is 8.79. The van der Waals surface area contributed by atoms with Crippen molar-refractivity contribution in [2.75, 3.05) is 7.11 Å². The zero-order chi connectivity index (χ0) is 10.5. The molecule has 0 aromatic rings. The zero-order valence-electron chi connectivity index (χ0n) is 8.79. The lowest BCUT2D eigenvalue weighted by Crippen LogP contribution is -2.40. The van der Waals surface area contributed by atoms with Gasteiger partial charge in [0, 0.05) is 13.2 Å². The van der Waals surface area contributed by atoms with Crippen molar-refractivity contribution in [2.45, 2.75) is 38.9 Å². The lowest BCUT2D eigenvalue weighted by Gasteiger charge is -2.31. The molecule has 0 bridgehead atoms. The summed E-state index contributed by atoms with van der Waals surface area (Å²) in [5.74, 6) is -0.406. The quantitative estimate of drug-likeness (QED) is 0.486. The number of esters is 1. The van der Waals surface area contributed by atoms with Crippen molar-refractivity contribution in [2.24, 2.45) is 0 Å². The summed E-state index contributed by atoms with van der Waals surface area (Å²) in [7, 11) is 1.60. The minimum Gasteiger partial charge on any atom is -0.456 e. The fourth-order valence-electron chi connectivity index (χ4n) is 1.04. The molecule has 0 aliphatic heterocycles. The van der Waals surface area contributed by atoms with Crippen LogP contribution in [0.3, 0.4) is 0 Å². The lowest BCUT2D eigenvalue weighted by molar-refractivity contribution is -0.159. The average Bonchev–Trinajstić information content (AvgIpc) is 2.13. The first-order valence-corrected chi connectivity index (χ1v) is 4.36. The summed E-state index contributed by atoms with van der Waals surface area (Å²) in [6, 6.07) is 0. The third-order valence-electron chi connectivity index (χ3n) is 2.10. The monoisotopic (exact) mass is 186 g/mol. The molecule has 0 radical (unpaired) electrons. The maximum atomic E-state index is 10.9. The third kappa shape index (κ3) is 3.59. The second-order valence-corrected chi connectivity index (χ2v) is 3.35. The number of carbonyl (C=O) groups excluding carboxylic acids is 1. The SMILES string of the molecule is C=CC(=O)OC(CC)C(C)(C)OC. The Kier molecular flexibility index (Phi) is 4.70. The molecular weight excluding hydrogens is 168 g/mol. The van der Waals surface area contributed by atoms with E-state index in [1.54, 1.807) is 7.11 Å². The Balaban J connectivity index is 4.33. The summed E-state index contributed by atoms with van der Waals surface area (Å²) in [5, 5.41) is 0. The van der Waals surface area contributed by atoms with Crippen LogP contribution in [-0.4, -0.2) is 24.8 Å². The van der Waals surface area contributed by atoms with E-state index < -0.39 is 11.6 Å².